The fraction of sp³-hybridized carbons (Fsp3) is 0.152. The summed E-state index contributed by atoms with van der Waals surface area (Å²) >= 11 is 0. The highest BCUT2D eigenvalue weighted by Gasteiger charge is 2.32. The molecule has 0 heterocycles. The van der Waals surface area contributed by atoms with Crippen LogP contribution in [-0.4, -0.2) is 0 Å². The number of hydrogen-bond acceptors (Lipinski definition) is 0. The third-order valence-electron chi connectivity index (χ3n) is 7.17. The Bertz CT molecular complexity index is 1090. The Morgan fingerprint density at radius 2 is 0.515 bits per heavy atom. The second-order valence-electron chi connectivity index (χ2n) is 9.84. The average Bonchev–Trinajstić information content (AvgIpc) is 2.90. The average molecular weight is 425 g/mol. The summed E-state index contributed by atoms with van der Waals surface area (Å²) in [6, 6.07) is 36.7. The maximum atomic E-state index is 2.33. The monoisotopic (exact) mass is 424 g/mol. The van der Waals surface area contributed by atoms with Crippen molar-refractivity contribution in [2.45, 2.75) is 25.7 Å². The van der Waals surface area contributed by atoms with Gasteiger partial charge in [0.2, 0.25) is 0 Å². The first-order chi connectivity index (χ1) is 16.2. The summed E-state index contributed by atoms with van der Waals surface area (Å²) in [6.45, 7) is 0. The van der Waals surface area contributed by atoms with Crippen molar-refractivity contribution < 1.29 is 0 Å². The van der Waals surface area contributed by atoms with Crippen molar-refractivity contribution >= 4 is 24.3 Å². The fourth-order valence-electron chi connectivity index (χ4n) is 5.48. The molecule has 1 spiro atoms. The van der Waals surface area contributed by atoms with Crippen molar-refractivity contribution in [3.63, 3.8) is 0 Å². The minimum Gasteiger partial charge on any atom is -0.0584 e. The van der Waals surface area contributed by atoms with Gasteiger partial charge in [-0.2, -0.15) is 0 Å². The summed E-state index contributed by atoms with van der Waals surface area (Å²) in [5.41, 5.74) is 10.8. The molecule has 12 rings (SSSR count). The molecule has 4 aromatic rings. The maximum Gasteiger partial charge on any atom is -0.0136 e. The van der Waals surface area contributed by atoms with Gasteiger partial charge in [-0.1, -0.05) is 121 Å². The molecule has 0 aromatic heterocycles. The van der Waals surface area contributed by atoms with E-state index in [2.05, 4.69) is 121 Å². The summed E-state index contributed by atoms with van der Waals surface area (Å²) in [4.78, 5) is 0. The van der Waals surface area contributed by atoms with Gasteiger partial charge >= 0.3 is 0 Å². The third-order valence-corrected chi connectivity index (χ3v) is 7.17. The van der Waals surface area contributed by atoms with Gasteiger partial charge in [0.05, 0.1) is 0 Å². The van der Waals surface area contributed by atoms with Gasteiger partial charge in [-0.3, -0.25) is 0 Å². The molecule has 0 fully saturated rings. The molecule has 0 amide bonds. The summed E-state index contributed by atoms with van der Waals surface area (Å²) in [7, 11) is 0. The van der Waals surface area contributed by atoms with Crippen LogP contribution >= 0.6 is 0 Å². The van der Waals surface area contributed by atoms with Gasteiger partial charge in [0.1, 0.15) is 0 Å². The van der Waals surface area contributed by atoms with Crippen LogP contribution in [-0.2, 0) is 25.7 Å². The van der Waals surface area contributed by atoms with Crippen LogP contribution in [0.3, 0.4) is 0 Å². The van der Waals surface area contributed by atoms with Gasteiger partial charge in [0.15, 0.2) is 0 Å². The zero-order chi connectivity index (χ0) is 22.1. The van der Waals surface area contributed by atoms with Crippen LogP contribution < -0.4 is 0 Å². The van der Waals surface area contributed by atoms with E-state index in [4.69, 9.17) is 0 Å². The molecule has 0 saturated heterocycles. The standard InChI is InChI=1S/C33H28/c1-2-26-7-15-30(16-8-26)22-33(21-29-13-5-25(1)6-14-29)23-31-17-9-27(10-18-31)3-4-28-11-19-32(24-33)20-12-28/h1-20H,21-24H2/b2-1-,4-3+. The second kappa shape index (κ2) is 8.37. The first-order valence-electron chi connectivity index (χ1n) is 11.9. The van der Waals surface area contributed by atoms with Crippen LogP contribution in [0.2, 0.25) is 0 Å². The van der Waals surface area contributed by atoms with Gasteiger partial charge in [-0.25, -0.2) is 0 Å². The highest BCUT2D eigenvalue weighted by Crippen LogP contribution is 2.37. The van der Waals surface area contributed by atoms with Crippen LogP contribution in [0.25, 0.3) is 24.3 Å². The van der Waals surface area contributed by atoms with Crippen LogP contribution in [0.1, 0.15) is 44.5 Å². The van der Waals surface area contributed by atoms with Crippen molar-refractivity contribution in [2.75, 3.05) is 0 Å². The molecule has 8 bridgehead atoms. The first-order valence-corrected chi connectivity index (χ1v) is 11.9. The van der Waals surface area contributed by atoms with Crippen LogP contribution in [0.4, 0.5) is 0 Å². The summed E-state index contributed by atoms with van der Waals surface area (Å²) in [5, 5.41) is 0. The maximum absolute atomic E-state index is 2.33. The lowest BCUT2D eigenvalue weighted by Crippen LogP contribution is -2.32. The summed E-state index contributed by atoms with van der Waals surface area (Å²) in [6.07, 6.45) is 13.1. The van der Waals surface area contributed by atoms with E-state index < -0.39 is 0 Å². The Morgan fingerprint density at radius 3 is 0.727 bits per heavy atom. The Hall–Kier alpha value is -3.64. The quantitative estimate of drug-likeness (QED) is 0.269. The van der Waals surface area contributed by atoms with Gasteiger partial charge < -0.3 is 0 Å². The molecule has 33 heavy (non-hydrogen) atoms. The zero-order valence-corrected chi connectivity index (χ0v) is 18.9. The van der Waals surface area contributed by atoms with Crippen LogP contribution in [0, 0.1) is 5.41 Å². The predicted octanol–water partition coefficient (Wildman–Crippen LogP) is 7.91. The number of benzene rings is 4. The van der Waals surface area contributed by atoms with Crippen LogP contribution in [0.5, 0.6) is 0 Å². The Kier molecular flexibility index (Phi) is 5.07. The van der Waals surface area contributed by atoms with E-state index in [0.717, 1.165) is 25.7 Å². The van der Waals surface area contributed by atoms with E-state index in [1.165, 1.54) is 44.5 Å². The van der Waals surface area contributed by atoms with E-state index in [9.17, 15) is 0 Å². The van der Waals surface area contributed by atoms with E-state index in [1.54, 1.807) is 0 Å². The summed E-state index contributed by atoms with van der Waals surface area (Å²) < 4.78 is 0. The van der Waals surface area contributed by atoms with E-state index >= 15 is 0 Å². The fourth-order valence-corrected chi connectivity index (χ4v) is 5.48. The molecule has 0 atom stereocenters. The lowest BCUT2D eigenvalue weighted by molar-refractivity contribution is 0.275. The second-order valence-corrected chi connectivity index (χ2v) is 9.84. The van der Waals surface area contributed by atoms with E-state index in [0.29, 0.717) is 0 Å². The molecule has 0 N–H and O–H groups in total. The van der Waals surface area contributed by atoms with Crippen molar-refractivity contribution in [1.29, 1.82) is 0 Å². The van der Waals surface area contributed by atoms with Gasteiger partial charge in [-0.05, 0) is 75.6 Å². The molecule has 8 aliphatic carbocycles. The smallest absolute Gasteiger partial charge is 0.0136 e. The molecule has 8 aliphatic rings. The largest absolute Gasteiger partial charge is 0.0584 e. The van der Waals surface area contributed by atoms with Crippen molar-refractivity contribution in [3.8, 4) is 0 Å². The molecule has 0 radical (unpaired) electrons. The number of rotatable bonds is 0. The molecule has 0 unspecified atom stereocenters. The van der Waals surface area contributed by atoms with E-state index in [1.807, 2.05) is 0 Å². The normalized spacial score (nSPS) is 17.9. The number of hydrogen-bond donors (Lipinski definition) is 0. The predicted molar refractivity (Wildman–Crippen MR) is 141 cm³/mol. The molecule has 160 valence electrons. The van der Waals surface area contributed by atoms with Gasteiger partial charge in [0.25, 0.3) is 0 Å². The highest BCUT2D eigenvalue weighted by atomic mass is 14.4. The lowest BCUT2D eigenvalue weighted by Gasteiger charge is -2.35. The Balaban J connectivity index is 1.52. The molecular formula is C33H28. The molecule has 0 aliphatic heterocycles. The minimum atomic E-state index is 0.0923. The zero-order valence-electron chi connectivity index (χ0n) is 18.9. The SMILES string of the molecule is C1=C\c2ccc(cc2)CC2(Cc3ccc/1cc3)Cc1ccc(cc1)/C=C/c1ccc(cc1)C2. The molecule has 4 aromatic carbocycles. The highest BCUT2D eigenvalue weighted by molar-refractivity contribution is 5.70. The minimum absolute atomic E-state index is 0.0923. The molecule has 0 heteroatoms. The topological polar surface area (TPSA) is 0 Å². The van der Waals surface area contributed by atoms with Crippen molar-refractivity contribution in [1.82, 2.24) is 0 Å². The van der Waals surface area contributed by atoms with Crippen molar-refractivity contribution in [3.05, 3.63) is 142 Å². The molecular weight excluding hydrogens is 396 g/mol. The van der Waals surface area contributed by atoms with Gasteiger partial charge in [0, 0.05) is 0 Å². The van der Waals surface area contributed by atoms with Gasteiger partial charge in [-0.15, -0.1) is 0 Å². The lowest BCUT2D eigenvalue weighted by atomic mass is 9.68. The van der Waals surface area contributed by atoms with Crippen LogP contribution in [0.15, 0.2) is 97.1 Å². The first kappa shape index (κ1) is 20.0. The third kappa shape index (κ3) is 4.47. The molecule has 0 saturated carbocycles. The molecule has 0 nitrogen and oxygen atoms in total. The Morgan fingerprint density at radius 1 is 0.303 bits per heavy atom. The Labute approximate surface area is 196 Å². The van der Waals surface area contributed by atoms with Crippen molar-refractivity contribution in [2.24, 2.45) is 5.41 Å². The summed E-state index contributed by atoms with van der Waals surface area (Å²) in [5.74, 6) is 0. The van der Waals surface area contributed by atoms with E-state index in [-0.39, 0.29) is 5.41 Å².